The minimum absolute atomic E-state index is 0.0304. The highest BCUT2D eigenvalue weighted by atomic mass is 32.2. The van der Waals surface area contributed by atoms with E-state index in [1.165, 1.54) is 0 Å². The summed E-state index contributed by atoms with van der Waals surface area (Å²) in [5, 5.41) is 0. The van der Waals surface area contributed by atoms with Crippen molar-refractivity contribution < 1.29 is 31.1 Å². The number of carbonyl (C=O) groups is 1. The number of ether oxygens (including phenoxy) is 1. The van der Waals surface area contributed by atoms with Gasteiger partial charge in [0.1, 0.15) is 5.75 Å². The molecule has 1 amide bonds. The Morgan fingerprint density at radius 2 is 1.83 bits per heavy atom. The number of halogens is 3. The van der Waals surface area contributed by atoms with Gasteiger partial charge in [0.2, 0.25) is 5.91 Å². The Bertz CT molecular complexity index is 1010. The fourth-order valence-electron chi connectivity index (χ4n) is 3.09. The third kappa shape index (κ3) is 5.20. The number of rotatable bonds is 5. The molecule has 0 bridgehead atoms. The van der Waals surface area contributed by atoms with Crippen molar-refractivity contribution in [3.05, 3.63) is 53.6 Å². The second kappa shape index (κ2) is 7.94. The minimum atomic E-state index is -4.85. The molecule has 0 unspecified atom stereocenters. The summed E-state index contributed by atoms with van der Waals surface area (Å²) in [5.41, 5.74) is 2.21. The molecular formula is C19H19F3N2O4S. The molecule has 3 rings (SSSR count). The van der Waals surface area contributed by atoms with Crippen molar-refractivity contribution >= 4 is 21.6 Å². The molecule has 2 aromatic rings. The third-order valence-corrected chi connectivity index (χ3v) is 5.89. The zero-order valence-electron chi connectivity index (χ0n) is 15.5. The van der Waals surface area contributed by atoms with E-state index in [1.807, 2.05) is 0 Å². The second-order valence-corrected chi connectivity index (χ2v) is 8.21. The zero-order valence-corrected chi connectivity index (χ0v) is 16.3. The quantitative estimate of drug-likeness (QED) is 0.788. The summed E-state index contributed by atoms with van der Waals surface area (Å²) < 4.78 is 67.9. The van der Waals surface area contributed by atoms with Crippen molar-refractivity contribution in [1.29, 1.82) is 0 Å². The van der Waals surface area contributed by atoms with E-state index < -0.39 is 22.1 Å². The van der Waals surface area contributed by atoms with Crippen LogP contribution in [0, 0.1) is 0 Å². The Kier molecular flexibility index (Phi) is 5.74. The second-order valence-electron chi connectivity index (χ2n) is 6.53. The number of nitrogens with one attached hydrogen (secondary N) is 1. The normalized spacial score (nSPS) is 14.3. The molecule has 156 valence electrons. The van der Waals surface area contributed by atoms with Gasteiger partial charge in [-0.25, -0.2) is 8.42 Å². The molecule has 2 aromatic carbocycles. The number of hydrogen-bond acceptors (Lipinski definition) is 4. The van der Waals surface area contributed by atoms with E-state index in [0.29, 0.717) is 31.6 Å². The van der Waals surface area contributed by atoms with Crippen LogP contribution < -0.4 is 9.46 Å². The lowest BCUT2D eigenvalue weighted by Crippen LogP contribution is -2.35. The van der Waals surface area contributed by atoms with Gasteiger partial charge in [0.25, 0.3) is 10.0 Å². The van der Waals surface area contributed by atoms with Gasteiger partial charge in [0, 0.05) is 25.2 Å². The number of hydrogen-bond donors (Lipinski definition) is 1. The van der Waals surface area contributed by atoms with E-state index in [2.05, 4.69) is 9.46 Å². The van der Waals surface area contributed by atoms with Gasteiger partial charge in [-0.15, -0.1) is 13.2 Å². The molecular weight excluding hydrogens is 409 g/mol. The van der Waals surface area contributed by atoms with Gasteiger partial charge in [-0.3, -0.25) is 9.52 Å². The molecule has 29 heavy (non-hydrogen) atoms. The Hall–Kier alpha value is -2.75. The number of alkyl halides is 3. The fourth-order valence-corrected chi connectivity index (χ4v) is 4.14. The van der Waals surface area contributed by atoms with Crippen molar-refractivity contribution in [2.24, 2.45) is 0 Å². The first-order valence-corrected chi connectivity index (χ1v) is 10.3. The van der Waals surface area contributed by atoms with E-state index in [0.717, 1.165) is 35.4 Å². The molecule has 0 saturated carbocycles. The van der Waals surface area contributed by atoms with Crippen LogP contribution in [0.3, 0.4) is 0 Å². The maximum absolute atomic E-state index is 12.5. The lowest BCUT2D eigenvalue weighted by molar-refractivity contribution is -0.274. The van der Waals surface area contributed by atoms with Gasteiger partial charge >= 0.3 is 6.36 Å². The highest BCUT2D eigenvalue weighted by Crippen LogP contribution is 2.27. The number of carbonyl (C=O) groups excluding carboxylic acids is 1. The lowest BCUT2D eigenvalue weighted by Gasteiger charge is -2.29. The highest BCUT2D eigenvalue weighted by molar-refractivity contribution is 7.92. The van der Waals surface area contributed by atoms with Gasteiger partial charge in [0.05, 0.1) is 4.90 Å². The van der Waals surface area contributed by atoms with Crippen molar-refractivity contribution in [3.8, 4) is 5.75 Å². The Balaban J connectivity index is 1.76. The van der Waals surface area contributed by atoms with Crippen LogP contribution in [0.4, 0.5) is 18.9 Å². The number of nitrogens with zero attached hydrogens (tertiary/aromatic N) is 1. The SMILES string of the molecule is CCC(=O)N1CCc2ccc(NS(=O)(=O)c3ccc(OC(F)(F)F)cc3)cc2C1. The van der Waals surface area contributed by atoms with Crippen LogP contribution in [0.5, 0.6) is 5.75 Å². The Morgan fingerprint density at radius 1 is 1.14 bits per heavy atom. The standard InChI is InChI=1S/C19H19F3N2O4S/c1-2-18(25)24-10-9-13-3-4-15(11-14(13)12-24)23-29(26,27)17-7-5-16(6-8-17)28-19(20,21)22/h3-8,11,23H,2,9-10,12H2,1H3. The number of fused-ring (bicyclic) bond motifs is 1. The molecule has 0 fully saturated rings. The fraction of sp³-hybridized carbons (Fsp3) is 0.316. The molecule has 10 heteroatoms. The Labute approximate surface area is 166 Å². The van der Waals surface area contributed by atoms with Crippen LogP contribution in [0.2, 0.25) is 0 Å². The summed E-state index contributed by atoms with van der Waals surface area (Å²) in [4.78, 5) is 13.4. The van der Waals surface area contributed by atoms with Gasteiger partial charge in [0.15, 0.2) is 0 Å². The van der Waals surface area contributed by atoms with Crippen molar-refractivity contribution in [1.82, 2.24) is 4.90 Å². The maximum atomic E-state index is 12.5. The summed E-state index contributed by atoms with van der Waals surface area (Å²) in [6.07, 6.45) is -3.76. The van der Waals surface area contributed by atoms with Crippen LogP contribution in [-0.4, -0.2) is 32.1 Å². The minimum Gasteiger partial charge on any atom is -0.406 e. The number of sulfonamides is 1. The average molecular weight is 428 g/mol. The third-order valence-electron chi connectivity index (χ3n) is 4.49. The molecule has 0 atom stereocenters. The number of benzene rings is 2. The lowest BCUT2D eigenvalue weighted by atomic mass is 9.99. The van der Waals surface area contributed by atoms with Crippen LogP contribution >= 0.6 is 0 Å². The molecule has 0 aliphatic carbocycles. The average Bonchev–Trinajstić information content (AvgIpc) is 2.65. The smallest absolute Gasteiger partial charge is 0.406 e. The summed E-state index contributed by atoms with van der Waals surface area (Å²) in [6.45, 7) is 2.81. The van der Waals surface area contributed by atoms with E-state index in [9.17, 15) is 26.4 Å². The molecule has 0 saturated heterocycles. The van der Waals surface area contributed by atoms with Crippen LogP contribution in [-0.2, 0) is 27.8 Å². The molecule has 0 spiro atoms. The molecule has 1 aliphatic heterocycles. The van der Waals surface area contributed by atoms with Crippen LogP contribution in [0.25, 0.3) is 0 Å². The maximum Gasteiger partial charge on any atom is 0.573 e. The topological polar surface area (TPSA) is 75.7 Å². The highest BCUT2D eigenvalue weighted by Gasteiger charge is 2.31. The first kappa shape index (κ1) is 21.0. The molecule has 1 aliphatic rings. The van der Waals surface area contributed by atoms with Gasteiger partial charge in [-0.2, -0.15) is 0 Å². The van der Waals surface area contributed by atoms with Crippen molar-refractivity contribution in [2.75, 3.05) is 11.3 Å². The summed E-state index contributed by atoms with van der Waals surface area (Å²) in [5.74, 6) is -0.478. The number of amides is 1. The monoisotopic (exact) mass is 428 g/mol. The summed E-state index contributed by atoms with van der Waals surface area (Å²) in [7, 11) is -4.00. The van der Waals surface area contributed by atoms with Crippen LogP contribution in [0.1, 0.15) is 24.5 Å². The summed E-state index contributed by atoms with van der Waals surface area (Å²) >= 11 is 0. The van der Waals surface area contributed by atoms with E-state index in [4.69, 9.17) is 0 Å². The van der Waals surface area contributed by atoms with Crippen LogP contribution in [0.15, 0.2) is 47.4 Å². The number of anilines is 1. The largest absolute Gasteiger partial charge is 0.573 e. The molecule has 1 heterocycles. The molecule has 1 N–H and O–H groups in total. The first-order valence-electron chi connectivity index (χ1n) is 8.85. The zero-order chi connectivity index (χ0) is 21.2. The van der Waals surface area contributed by atoms with Crippen molar-refractivity contribution in [3.63, 3.8) is 0 Å². The van der Waals surface area contributed by atoms with Gasteiger partial charge in [-0.05, 0) is 53.9 Å². The van der Waals surface area contributed by atoms with E-state index in [-0.39, 0.29) is 10.8 Å². The molecule has 0 radical (unpaired) electrons. The Morgan fingerprint density at radius 3 is 2.45 bits per heavy atom. The van der Waals surface area contributed by atoms with E-state index in [1.54, 1.807) is 30.0 Å². The first-order chi connectivity index (χ1) is 13.6. The van der Waals surface area contributed by atoms with Crippen molar-refractivity contribution in [2.45, 2.75) is 37.6 Å². The van der Waals surface area contributed by atoms with Gasteiger partial charge in [-0.1, -0.05) is 13.0 Å². The predicted octanol–water partition coefficient (Wildman–Crippen LogP) is 3.68. The van der Waals surface area contributed by atoms with E-state index >= 15 is 0 Å². The molecule has 0 aromatic heterocycles. The predicted molar refractivity (Wildman–Crippen MR) is 99.8 cm³/mol. The molecule has 6 nitrogen and oxygen atoms in total. The van der Waals surface area contributed by atoms with Gasteiger partial charge < -0.3 is 9.64 Å². The summed E-state index contributed by atoms with van der Waals surface area (Å²) in [6, 6.07) is 9.03.